The molecule has 3 rings (SSSR count). The summed E-state index contributed by atoms with van der Waals surface area (Å²) in [6.07, 6.45) is 1.12. The Labute approximate surface area is 147 Å². The number of rotatable bonds is 3. The number of benzene rings is 1. The van der Waals surface area contributed by atoms with Gasteiger partial charge in [-0.1, -0.05) is 28.1 Å². The van der Waals surface area contributed by atoms with E-state index in [0.717, 1.165) is 10.0 Å². The van der Waals surface area contributed by atoms with Crippen molar-refractivity contribution in [1.82, 2.24) is 9.88 Å². The number of pyridine rings is 1. The van der Waals surface area contributed by atoms with Gasteiger partial charge in [0.2, 0.25) is 0 Å². The number of nitrogens with zero attached hydrogens (tertiary/aromatic N) is 2. The smallest absolute Gasteiger partial charge is 0.354 e. The van der Waals surface area contributed by atoms with Crippen molar-refractivity contribution in [1.29, 1.82) is 0 Å². The highest BCUT2D eigenvalue weighted by atomic mass is 79.9. The lowest BCUT2D eigenvalue weighted by Gasteiger charge is -2.33. The molecule has 1 aliphatic rings. The summed E-state index contributed by atoms with van der Waals surface area (Å²) >= 11 is 3.40. The third kappa shape index (κ3) is 3.63. The summed E-state index contributed by atoms with van der Waals surface area (Å²) in [5, 5.41) is 8.87. The highest BCUT2D eigenvalue weighted by molar-refractivity contribution is 9.10. The van der Waals surface area contributed by atoms with E-state index >= 15 is 0 Å². The molecule has 124 valence electrons. The van der Waals surface area contributed by atoms with Crippen LogP contribution in [0.4, 0.5) is 0 Å². The van der Waals surface area contributed by atoms with Crippen LogP contribution < -0.4 is 0 Å². The van der Waals surface area contributed by atoms with Crippen LogP contribution in [0.2, 0.25) is 0 Å². The maximum absolute atomic E-state index is 12.6. The molecule has 0 aliphatic carbocycles. The van der Waals surface area contributed by atoms with E-state index in [-0.39, 0.29) is 17.7 Å². The molecule has 1 aromatic heterocycles. The standard InChI is InChI=1S/C17H15BrN2O4/c18-13-4-1-11(2-5-13)15-10-20(7-8-24-15)16(21)12-3-6-14(17(22)23)19-9-12/h1-6,9,15H,7-8,10H2,(H,22,23). The van der Waals surface area contributed by atoms with Gasteiger partial charge in [-0.2, -0.15) is 0 Å². The van der Waals surface area contributed by atoms with E-state index in [0.29, 0.717) is 25.3 Å². The zero-order chi connectivity index (χ0) is 17.1. The van der Waals surface area contributed by atoms with Crippen LogP contribution in [0.5, 0.6) is 0 Å². The molecule has 2 aromatic rings. The molecule has 24 heavy (non-hydrogen) atoms. The molecule has 1 amide bonds. The van der Waals surface area contributed by atoms with Crippen LogP contribution >= 0.6 is 15.9 Å². The van der Waals surface area contributed by atoms with Crippen LogP contribution in [0.3, 0.4) is 0 Å². The summed E-state index contributed by atoms with van der Waals surface area (Å²) in [6.45, 7) is 1.39. The van der Waals surface area contributed by atoms with Gasteiger partial charge in [-0.15, -0.1) is 0 Å². The Hall–Kier alpha value is -2.25. The summed E-state index contributed by atoms with van der Waals surface area (Å²) in [5.41, 5.74) is 1.30. The van der Waals surface area contributed by atoms with Gasteiger partial charge in [0, 0.05) is 17.2 Å². The number of carboxylic acids is 1. The molecule has 1 aromatic carbocycles. The van der Waals surface area contributed by atoms with Crippen molar-refractivity contribution in [2.24, 2.45) is 0 Å². The van der Waals surface area contributed by atoms with Gasteiger partial charge in [-0.05, 0) is 29.8 Å². The van der Waals surface area contributed by atoms with Crippen molar-refractivity contribution in [3.05, 3.63) is 63.9 Å². The van der Waals surface area contributed by atoms with Gasteiger partial charge in [-0.25, -0.2) is 9.78 Å². The van der Waals surface area contributed by atoms with Gasteiger partial charge in [-0.3, -0.25) is 4.79 Å². The van der Waals surface area contributed by atoms with E-state index in [1.165, 1.54) is 18.3 Å². The fourth-order valence-electron chi connectivity index (χ4n) is 2.54. The highest BCUT2D eigenvalue weighted by Crippen LogP contribution is 2.24. The van der Waals surface area contributed by atoms with Crippen LogP contribution in [0, 0.1) is 0 Å². The van der Waals surface area contributed by atoms with Crippen LogP contribution in [0.1, 0.15) is 32.5 Å². The van der Waals surface area contributed by atoms with Crippen molar-refractivity contribution < 1.29 is 19.4 Å². The van der Waals surface area contributed by atoms with Crippen molar-refractivity contribution in [3.8, 4) is 0 Å². The molecule has 6 nitrogen and oxygen atoms in total. The number of halogens is 1. The first kappa shape index (κ1) is 16.6. The predicted octanol–water partition coefficient (Wildman–Crippen LogP) is 2.76. The van der Waals surface area contributed by atoms with Gasteiger partial charge in [0.05, 0.1) is 18.7 Å². The Kier molecular flexibility index (Phi) is 4.92. The molecule has 2 heterocycles. The molecule has 0 saturated carbocycles. The topological polar surface area (TPSA) is 79.7 Å². The van der Waals surface area contributed by atoms with Gasteiger partial charge in [0.1, 0.15) is 11.8 Å². The van der Waals surface area contributed by atoms with Crippen molar-refractivity contribution in [2.75, 3.05) is 19.7 Å². The summed E-state index contributed by atoms with van der Waals surface area (Å²) in [6, 6.07) is 10.6. The quantitative estimate of drug-likeness (QED) is 0.871. The Morgan fingerprint density at radius 3 is 2.58 bits per heavy atom. The predicted molar refractivity (Wildman–Crippen MR) is 89.9 cm³/mol. The largest absolute Gasteiger partial charge is 0.477 e. The second-order valence-corrected chi connectivity index (χ2v) is 6.32. The first-order chi connectivity index (χ1) is 11.5. The van der Waals surface area contributed by atoms with E-state index in [2.05, 4.69) is 20.9 Å². The van der Waals surface area contributed by atoms with E-state index < -0.39 is 5.97 Å². The number of carboxylic acid groups (broad SMARTS) is 1. The van der Waals surface area contributed by atoms with Crippen molar-refractivity contribution in [3.63, 3.8) is 0 Å². The molecule has 0 bridgehead atoms. The second kappa shape index (κ2) is 7.11. The number of morpholine rings is 1. The van der Waals surface area contributed by atoms with Crippen molar-refractivity contribution >= 4 is 27.8 Å². The fourth-order valence-corrected chi connectivity index (χ4v) is 2.81. The normalized spacial score (nSPS) is 17.5. The average molecular weight is 391 g/mol. The third-order valence-corrected chi connectivity index (χ3v) is 4.35. The van der Waals surface area contributed by atoms with Crippen LogP contribution in [0.25, 0.3) is 0 Å². The fraction of sp³-hybridized carbons (Fsp3) is 0.235. The maximum atomic E-state index is 12.6. The molecule has 1 atom stereocenters. The van der Waals surface area contributed by atoms with Gasteiger partial charge >= 0.3 is 5.97 Å². The molecule has 0 spiro atoms. The molecule has 1 fully saturated rings. The number of aromatic nitrogens is 1. The molecule has 1 aliphatic heterocycles. The SMILES string of the molecule is O=C(O)c1ccc(C(=O)N2CCOC(c3ccc(Br)cc3)C2)cn1. The van der Waals surface area contributed by atoms with E-state index in [9.17, 15) is 9.59 Å². The number of carbonyl (C=O) groups excluding carboxylic acids is 1. The Morgan fingerprint density at radius 1 is 1.21 bits per heavy atom. The molecule has 1 N–H and O–H groups in total. The average Bonchev–Trinajstić information content (AvgIpc) is 2.62. The number of hydrogen-bond donors (Lipinski definition) is 1. The monoisotopic (exact) mass is 390 g/mol. The maximum Gasteiger partial charge on any atom is 0.354 e. The van der Waals surface area contributed by atoms with E-state index in [1.807, 2.05) is 24.3 Å². The Balaban J connectivity index is 1.72. The van der Waals surface area contributed by atoms with E-state index in [4.69, 9.17) is 9.84 Å². The first-order valence-corrected chi connectivity index (χ1v) is 8.19. The zero-order valence-electron chi connectivity index (χ0n) is 12.7. The Morgan fingerprint density at radius 2 is 1.96 bits per heavy atom. The lowest BCUT2D eigenvalue weighted by molar-refractivity contribution is -0.0228. The Bertz CT molecular complexity index is 746. The van der Waals surface area contributed by atoms with Crippen LogP contribution in [-0.4, -0.2) is 46.6 Å². The number of hydrogen-bond acceptors (Lipinski definition) is 4. The number of aromatic carboxylic acids is 1. The molecule has 7 heteroatoms. The lowest BCUT2D eigenvalue weighted by atomic mass is 10.1. The second-order valence-electron chi connectivity index (χ2n) is 5.40. The van der Waals surface area contributed by atoms with Gasteiger partial charge < -0.3 is 14.7 Å². The lowest BCUT2D eigenvalue weighted by Crippen LogP contribution is -2.42. The van der Waals surface area contributed by atoms with Crippen LogP contribution in [-0.2, 0) is 4.74 Å². The highest BCUT2D eigenvalue weighted by Gasteiger charge is 2.26. The summed E-state index contributed by atoms with van der Waals surface area (Å²) in [5.74, 6) is -1.29. The summed E-state index contributed by atoms with van der Waals surface area (Å²) < 4.78 is 6.75. The minimum absolute atomic E-state index is 0.0822. The van der Waals surface area contributed by atoms with Gasteiger partial charge in [0.15, 0.2) is 0 Å². The first-order valence-electron chi connectivity index (χ1n) is 7.40. The summed E-state index contributed by atoms with van der Waals surface area (Å²) in [7, 11) is 0. The van der Waals surface area contributed by atoms with E-state index in [1.54, 1.807) is 4.90 Å². The molecular weight excluding hydrogens is 376 g/mol. The number of ether oxygens (including phenoxy) is 1. The minimum atomic E-state index is -1.12. The molecular formula is C17H15BrN2O4. The minimum Gasteiger partial charge on any atom is -0.477 e. The third-order valence-electron chi connectivity index (χ3n) is 3.83. The van der Waals surface area contributed by atoms with Crippen molar-refractivity contribution in [2.45, 2.75) is 6.10 Å². The molecule has 0 radical (unpaired) electrons. The zero-order valence-corrected chi connectivity index (χ0v) is 14.3. The number of carbonyl (C=O) groups is 2. The van der Waals surface area contributed by atoms with Crippen LogP contribution in [0.15, 0.2) is 47.1 Å². The summed E-state index contributed by atoms with van der Waals surface area (Å²) in [4.78, 5) is 28.9. The molecule has 1 unspecified atom stereocenters. The van der Waals surface area contributed by atoms with Gasteiger partial charge in [0.25, 0.3) is 5.91 Å². The molecule has 1 saturated heterocycles. The number of amides is 1.